The molecule has 2 unspecified atom stereocenters. The maximum atomic E-state index is 14.4. The molecule has 0 aromatic heterocycles. The Morgan fingerprint density at radius 2 is 2.03 bits per heavy atom. The maximum Gasteiger partial charge on any atom is 0.313 e. The van der Waals surface area contributed by atoms with E-state index in [1.807, 2.05) is 11.8 Å². The molecule has 0 aliphatic carbocycles. The van der Waals surface area contributed by atoms with Gasteiger partial charge < -0.3 is 10.2 Å². The van der Waals surface area contributed by atoms with Crippen LogP contribution in [-0.2, 0) is 16.0 Å². The summed E-state index contributed by atoms with van der Waals surface area (Å²) in [6.45, 7) is 11.0. The van der Waals surface area contributed by atoms with E-state index >= 15 is 0 Å². The summed E-state index contributed by atoms with van der Waals surface area (Å²) in [4.78, 5) is 28.7. The van der Waals surface area contributed by atoms with Gasteiger partial charge in [-0.2, -0.15) is 4.58 Å². The van der Waals surface area contributed by atoms with Crippen LogP contribution in [0.25, 0.3) is 0 Å². The fourth-order valence-electron chi connectivity index (χ4n) is 4.59. The molecule has 1 aromatic rings. The van der Waals surface area contributed by atoms with Gasteiger partial charge in [-0.05, 0) is 32.1 Å². The zero-order valence-electron chi connectivity index (χ0n) is 18.1. The predicted octanol–water partition coefficient (Wildman–Crippen LogP) is 0.392. The molecular weight excluding hydrogens is 399 g/mol. The number of piperazine rings is 1. The van der Waals surface area contributed by atoms with E-state index in [0.717, 1.165) is 31.6 Å². The minimum Gasteiger partial charge on any atom is -0.340 e. The van der Waals surface area contributed by atoms with Crippen molar-refractivity contribution in [3.05, 3.63) is 41.9 Å². The van der Waals surface area contributed by atoms with Crippen molar-refractivity contribution < 1.29 is 18.6 Å². The van der Waals surface area contributed by atoms with Crippen molar-refractivity contribution in [2.24, 2.45) is 0 Å². The first-order valence-electron chi connectivity index (χ1n) is 10.7. The molecule has 31 heavy (non-hydrogen) atoms. The summed E-state index contributed by atoms with van der Waals surface area (Å²) in [5.74, 6) is -0.433. The molecule has 166 valence electrons. The van der Waals surface area contributed by atoms with Crippen LogP contribution in [0.1, 0.15) is 24.5 Å². The van der Waals surface area contributed by atoms with E-state index in [0.29, 0.717) is 30.1 Å². The number of rotatable bonds is 4. The number of amides is 2. The van der Waals surface area contributed by atoms with E-state index < -0.39 is 0 Å². The second-order valence-electron chi connectivity index (χ2n) is 8.25. The molecule has 0 spiro atoms. The number of hydrogen-bond acceptors (Lipinski definition) is 5. The van der Waals surface area contributed by atoms with E-state index in [1.54, 1.807) is 23.8 Å². The molecule has 9 heteroatoms. The predicted molar refractivity (Wildman–Crippen MR) is 115 cm³/mol. The summed E-state index contributed by atoms with van der Waals surface area (Å²) < 4.78 is 16.1. The number of carbonyl (C=O) groups excluding carboxylic acids is 2. The highest BCUT2D eigenvalue weighted by molar-refractivity contribution is 6.38. The van der Waals surface area contributed by atoms with Crippen molar-refractivity contribution in [1.29, 1.82) is 0 Å². The summed E-state index contributed by atoms with van der Waals surface area (Å²) in [6, 6.07) is 3.16. The normalized spacial score (nSPS) is 24.2. The van der Waals surface area contributed by atoms with Crippen LogP contribution in [0.15, 0.2) is 24.9 Å². The van der Waals surface area contributed by atoms with Crippen LogP contribution in [0, 0.1) is 12.7 Å². The van der Waals surface area contributed by atoms with Crippen LogP contribution >= 0.6 is 0 Å². The fraction of sp³-hybridized carbons (Fsp3) is 0.500. The maximum absolute atomic E-state index is 14.4. The molecule has 3 heterocycles. The average Bonchev–Trinajstić information content (AvgIpc) is 3.18. The Kier molecular flexibility index (Phi) is 6.17. The lowest BCUT2D eigenvalue weighted by Gasteiger charge is -2.43. The molecule has 3 N–H and O–H groups in total. The van der Waals surface area contributed by atoms with E-state index in [-0.39, 0.29) is 36.5 Å². The highest BCUT2D eigenvalue weighted by Gasteiger charge is 2.38. The zero-order valence-corrected chi connectivity index (χ0v) is 18.1. The van der Waals surface area contributed by atoms with Crippen molar-refractivity contribution in [3.8, 4) is 0 Å². The topological polar surface area (TPSA) is 79.7 Å². The third-order valence-electron chi connectivity index (χ3n) is 6.31. The minimum atomic E-state index is -0.306. The van der Waals surface area contributed by atoms with Gasteiger partial charge in [0.25, 0.3) is 5.71 Å². The first-order chi connectivity index (χ1) is 14.9. The Hall–Kier alpha value is -2.62. The fourth-order valence-corrected chi connectivity index (χ4v) is 4.59. The van der Waals surface area contributed by atoms with Gasteiger partial charge >= 0.3 is 5.91 Å². The molecule has 0 bridgehead atoms. The van der Waals surface area contributed by atoms with Crippen LogP contribution in [0.2, 0.25) is 0 Å². The van der Waals surface area contributed by atoms with Crippen molar-refractivity contribution in [3.63, 3.8) is 0 Å². The monoisotopic (exact) mass is 429 g/mol. The summed E-state index contributed by atoms with van der Waals surface area (Å²) in [5, 5.41) is 9.94. The van der Waals surface area contributed by atoms with E-state index in [2.05, 4.69) is 27.4 Å². The molecule has 1 aromatic carbocycles. The second-order valence-corrected chi connectivity index (χ2v) is 8.25. The molecule has 0 saturated carbocycles. The Labute approximate surface area is 181 Å². The summed E-state index contributed by atoms with van der Waals surface area (Å²) >= 11 is 0. The largest absolute Gasteiger partial charge is 0.340 e. The smallest absolute Gasteiger partial charge is 0.313 e. The number of nitrogens with zero attached hydrogens (tertiary/aromatic N) is 3. The minimum absolute atomic E-state index is 0.0749. The number of aryl methyl sites for hydroxylation is 1. The number of benzene rings is 1. The average molecular weight is 430 g/mol. The van der Waals surface area contributed by atoms with Gasteiger partial charge in [0.2, 0.25) is 11.6 Å². The van der Waals surface area contributed by atoms with Crippen molar-refractivity contribution in [1.82, 2.24) is 25.8 Å². The van der Waals surface area contributed by atoms with Crippen LogP contribution in [-0.4, -0.2) is 77.1 Å². The SMILES string of the molecule is C=C[N+]1=C(C(=O)NC2CCNC(N3CCN(C(C)=O)CC3)N2)Cc2c(F)ccc(C)c21. The van der Waals surface area contributed by atoms with Crippen LogP contribution in [0.3, 0.4) is 0 Å². The van der Waals surface area contributed by atoms with Crippen LogP contribution in [0.5, 0.6) is 0 Å². The van der Waals surface area contributed by atoms with Gasteiger partial charge in [0.1, 0.15) is 12.1 Å². The Bertz CT molecular complexity index is 938. The molecular formula is C22H30FN6O2+. The number of nitrogens with one attached hydrogen (secondary N) is 3. The molecule has 2 atom stereocenters. The number of halogens is 1. The summed E-state index contributed by atoms with van der Waals surface area (Å²) in [7, 11) is 0. The lowest BCUT2D eigenvalue weighted by molar-refractivity contribution is -0.356. The molecule has 2 fully saturated rings. The van der Waals surface area contributed by atoms with Crippen molar-refractivity contribution in [2.75, 3.05) is 32.7 Å². The quantitative estimate of drug-likeness (QED) is 0.604. The lowest BCUT2D eigenvalue weighted by Crippen LogP contribution is -2.68. The third kappa shape index (κ3) is 4.26. The summed E-state index contributed by atoms with van der Waals surface area (Å²) in [6.07, 6.45) is 2.26. The first kappa shape index (κ1) is 21.6. The van der Waals surface area contributed by atoms with E-state index in [9.17, 15) is 14.0 Å². The molecule has 4 rings (SSSR count). The van der Waals surface area contributed by atoms with Crippen LogP contribution < -0.4 is 16.0 Å². The Morgan fingerprint density at radius 3 is 2.71 bits per heavy atom. The highest BCUT2D eigenvalue weighted by atomic mass is 19.1. The van der Waals surface area contributed by atoms with Crippen molar-refractivity contribution in [2.45, 2.75) is 39.1 Å². The molecule has 3 aliphatic heterocycles. The molecule has 0 radical (unpaired) electrons. The molecule has 2 amide bonds. The number of hydrogen-bond donors (Lipinski definition) is 3. The van der Waals surface area contributed by atoms with E-state index in [4.69, 9.17) is 0 Å². The molecule has 2 saturated heterocycles. The van der Waals surface area contributed by atoms with Gasteiger partial charge in [-0.25, -0.2) is 4.39 Å². The lowest BCUT2D eigenvalue weighted by atomic mass is 10.1. The van der Waals surface area contributed by atoms with Gasteiger partial charge in [-0.1, -0.05) is 0 Å². The standard InChI is InChI=1S/C22H29FN6O2/c1-4-29-18(13-16-17(23)6-5-14(2)20(16)29)21(31)25-19-7-8-24-22(26-19)28-11-9-27(10-12-28)15(3)30/h4-6,19,22,24,26H,1,7-13H2,2-3H3/p+1. The molecule has 3 aliphatic rings. The van der Waals surface area contributed by atoms with Gasteiger partial charge in [0.05, 0.1) is 18.2 Å². The number of carbonyl (C=O) groups is 2. The van der Waals surface area contributed by atoms with Crippen molar-refractivity contribution >= 4 is 23.2 Å². The third-order valence-corrected chi connectivity index (χ3v) is 6.31. The van der Waals surface area contributed by atoms with Gasteiger partial charge in [0, 0.05) is 45.2 Å². The first-order valence-corrected chi connectivity index (χ1v) is 10.7. The second kappa shape index (κ2) is 8.86. The van der Waals surface area contributed by atoms with Gasteiger partial charge in [-0.15, -0.1) is 0 Å². The Balaban J connectivity index is 1.41. The van der Waals surface area contributed by atoms with E-state index in [1.165, 1.54) is 6.07 Å². The van der Waals surface area contributed by atoms with Gasteiger partial charge in [-0.3, -0.25) is 25.1 Å². The number of fused-ring (bicyclic) bond motifs is 1. The van der Waals surface area contributed by atoms with Gasteiger partial charge in [0.15, 0.2) is 6.20 Å². The molecule has 8 nitrogen and oxygen atoms in total. The highest BCUT2D eigenvalue weighted by Crippen LogP contribution is 2.32. The Morgan fingerprint density at radius 1 is 1.29 bits per heavy atom. The summed E-state index contributed by atoms with van der Waals surface area (Å²) in [5.41, 5.74) is 2.62. The van der Waals surface area contributed by atoms with Crippen LogP contribution in [0.4, 0.5) is 10.1 Å². The zero-order chi connectivity index (χ0) is 22.1.